The van der Waals surface area contributed by atoms with E-state index in [0.29, 0.717) is 6.42 Å². The molecule has 0 aromatic heterocycles. The Hall–Kier alpha value is -3.61. The van der Waals surface area contributed by atoms with Crippen LogP contribution in [-0.4, -0.2) is 41.8 Å². The fourth-order valence-electron chi connectivity index (χ4n) is 4.11. The first-order chi connectivity index (χ1) is 15.8. The quantitative estimate of drug-likeness (QED) is 0.473. The molecular formula is C26H30N2O5. The van der Waals surface area contributed by atoms with Crippen molar-refractivity contribution in [2.45, 2.75) is 44.7 Å². The predicted molar refractivity (Wildman–Crippen MR) is 126 cm³/mol. The molecule has 0 bridgehead atoms. The third kappa shape index (κ3) is 5.61. The number of alkyl carbamates (subject to hydrolysis) is 1. The van der Waals surface area contributed by atoms with Gasteiger partial charge in [0.15, 0.2) is 0 Å². The molecule has 0 saturated carbocycles. The molecule has 174 valence electrons. The number of allylic oxidation sites excluding steroid dienone is 1. The van der Waals surface area contributed by atoms with Crippen molar-refractivity contribution in [1.82, 2.24) is 10.6 Å². The number of fused-ring (bicyclic) bond motifs is 3. The lowest BCUT2D eigenvalue weighted by Gasteiger charge is -2.24. The summed E-state index contributed by atoms with van der Waals surface area (Å²) in [5.41, 5.74) is 4.44. The summed E-state index contributed by atoms with van der Waals surface area (Å²) in [5.74, 6) is -2.05. The molecule has 33 heavy (non-hydrogen) atoms. The SMILES string of the molecule is C=CCCC(NC(=O)[C@H](NC(=O)OCC1c2ccccc2-c2ccccc21)C(C)C)C(=O)O. The van der Waals surface area contributed by atoms with Gasteiger partial charge in [0.25, 0.3) is 0 Å². The number of hydrogen-bond donors (Lipinski definition) is 3. The number of ether oxygens (including phenoxy) is 1. The lowest BCUT2D eigenvalue weighted by molar-refractivity contribution is -0.142. The normalized spacial score (nSPS) is 14.0. The van der Waals surface area contributed by atoms with Crippen LogP contribution in [0.1, 0.15) is 43.7 Å². The Morgan fingerprint density at radius 2 is 1.61 bits per heavy atom. The van der Waals surface area contributed by atoms with E-state index in [-0.39, 0.29) is 24.9 Å². The van der Waals surface area contributed by atoms with Crippen LogP contribution in [0.4, 0.5) is 4.79 Å². The molecular weight excluding hydrogens is 420 g/mol. The molecule has 3 N–H and O–H groups in total. The van der Waals surface area contributed by atoms with E-state index in [9.17, 15) is 19.5 Å². The van der Waals surface area contributed by atoms with E-state index in [1.54, 1.807) is 19.9 Å². The Bertz CT molecular complexity index is 987. The monoisotopic (exact) mass is 450 g/mol. The Morgan fingerprint density at radius 1 is 1.03 bits per heavy atom. The van der Waals surface area contributed by atoms with E-state index in [0.717, 1.165) is 22.3 Å². The average molecular weight is 451 g/mol. The average Bonchev–Trinajstić information content (AvgIpc) is 3.12. The van der Waals surface area contributed by atoms with Crippen molar-refractivity contribution < 1.29 is 24.2 Å². The Morgan fingerprint density at radius 3 is 2.12 bits per heavy atom. The smallest absolute Gasteiger partial charge is 0.407 e. The summed E-state index contributed by atoms with van der Waals surface area (Å²) in [6.45, 7) is 7.25. The van der Waals surface area contributed by atoms with Crippen molar-refractivity contribution in [3.8, 4) is 11.1 Å². The molecule has 7 nitrogen and oxygen atoms in total. The van der Waals surface area contributed by atoms with E-state index in [1.165, 1.54) is 0 Å². The van der Waals surface area contributed by atoms with E-state index in [1.807, 2.05) is 36.4 Å². The molecule has 1 unspecified atom stereocenters. The van der Waals surface area contributed by atoms with Crippen LogP contribution < -0.4 is 10.6 Å². The molecule has 7 heteroatoms. The number of carboxylic acid groups (broad SMARTS) is 1. The number of carbonyl (C=O) groups is 3. The third-order valence-electron chi connectivity index (χ3n) is 5.84. The molecule has 2 aromatic rings. The van der Waals surface area contributed by atoms with Crippen molar-refractivity contribution in [1.29, 1.82) is 0 Å². The van der Waals surface area contributed by atoms with Crippen molar-refractivity contribution in [3.05, 3.63) is 72.3 Å². The van der Waals surface area contributed by atoms with Gasteiger partial charge in [-0.3, -0.25) is 4.79 Å². The molecule has 3 rings (SSSR count). The summed E-state index contributed by atoms with van der Waals surface area (Å²) in [6.07, 6.45) is 1.55. The zero-order valence-corrected chi connectivity index (χ0v) is 18.9. The minimum atomic E-state index is -1.13. The molecule has 1 aliphatic rings. The number of hydrogen-bond acceptors (Lipinski definition) is 4. The van der Waals surface area contributed by atoms with Crippen LogP contribution in [0.5, 0.6) is 0 Å². The summed E-state index contributed by atoms with van der Waals surface area (Å²) in [4.78, 5) is 36.8. The Balaban J connectivity index is 1.64. The van der Waals surface area contributed by atoms with Gasteiger partial charge in [-0.15, -0.1) is 6.58 Å². The zero-order chi connectivity index (χ0) is 24.0. The molecule has 0 fully saturated rings. The number of aliphatic carboxylic acids is 1. The van der Waals surface area contributed by atoms with Gasteiger partial charge in [-0.1, -0.05) is 68.5 Å². The largest absolute Gasteiger partial charge is 0.480 e. The van der Waals surface area contributed by atoms with Gasteiger partial charge in [0.05, 0.1) is 0 Å². The molecule has 2 aromatic carbocycles. The van der Waals surface area contributed by atoms with E-state index in [2.05, 4.69) is 29.3 Å². The number of carboxylic acids is 1. The van der Waals surface area contributed by atoms with E-state index < -0.39 is 30.1 Å². The lowest BCUT2D eigenvalue weighted by atomic mass is 9.98. The zero-order valence-electron chi connectivity index (χ0n) is 18.9. The first-order valence-electron chi connectivity index (χ1n) is 11.1. The maximum absolute atomic E-state index is 12.7. The van der Waals surface area contributed by atoms with E-state index >= 15 is 0 Å². The molecule has 0 heterocycles. The van der Waals surface area contributed by atoms with Crippen LogP contribution in [0.2, 0.25) is 0 Å². The van der Waals surface area contributed by atoms with Gasteiger partial charge in [-0.2, -0.15) is 0 Å². The molecule has 0 saturated heterocycles. The first kappa shape index (κ1) is 24.0. The van der Waals surface area contributed by atoms with Crippen LogP contribution in [-0.2, 0) is 14.3 Å². The second-order valence-corrected chi connectivity index (χ2v) is 8.46. The second kappa shape index (κ2) is 10.8. The third-order valence-corrected chi connectivity index (χ3v) is 5.84. The van der Waals surface area contributed by atoms with Crippen LogP contribution in [0.3, 0.4) is 0 Å². The van der Waals surface area contributed by atoms with Gasteiger partial charge in [0, 0.05) is 5.92 Å². The van der Waals surface area contributed by atoms with Gasteiger partial charge in [0.2, 0.25) is 5.91 Å². The van der Waals surface area contributed by atoms with Crippen molar-refractivity contribution >= 4 is 18.0 Å². The molecule has 2 atom stereocenters. The lowest BCUT2D eigenvalue weighted by Crippen LogP contribution is -2.53. The van der Waals surface area contributed by atoms with Crippen LogP contribution >= 0.6 is 0 Å². The maximum atomic E-state index is 12.7. The topological polar surface area (TPSA) is 105 Å². The molecule has 0 radical (unpaired) electrons. The molecule has 0 aliphatic heterocycles. The van der Waals surface area contributed by atoms with Gasteiger partial charge in [-0.25, -0.2) is 9.59 Å². The molecule has 1 aliphatic carbocycles. The Labute approximate surface area is 193 Å². The Kier molecular flexibility index (Phi) is 7.87. The number of benzene rings is 2. The second-order valence-electron chi connectivity index (χ2n) is 8.46. The minimum absolute atomic E-state index is 0.0928. The van der Waals surface area contributed by atoms with Crippen LogP contribution in [0.15, 0.2) is 61.2 Å². The highest BCUT2D eigenvalue weighted by Crippen LogP contribution is 2.44. The summed E-state index contributed by atoms with van der Waals surface area (Å²) >= 11 is 0. The predicted octanol–water partition coefficient (Wildman–Crippen LogP) is 4.09. The van der Waals surface area contributed by atoms with Gasteiger partial charge >= 0.3 is 12.1 Å². The number of nitrogens with one attached hydrogen (secondary N) is 2. The maximum Gasteiger partial charge on any atom is 0.407 e. The molecule has 2 amide bonds. The number of rotatable bonds is 10. The fourth-order valence-corrected chi connectivity index (χ4v) is 4.11. The number of carbonyl (C=O) groups excluding carboxylic acids is 2. The standard InChI is InChI=1S/C26H30N2O5/c1-4-5-14-22(25(30)31)27-24(29)23(16(2)3)28-26(32)33-15-21-19-12-8-6-10-17(19)18-11-7-9-13-20(18)21/h4,6-13,16,21-23H,1,5,14-15H2,2-3H3,(H,27,29)(H,28,32)(H,30,31)/t22?,23-/m1/s1. The van der Waals surface area contributed by atoms with Gasteiger partial charge < -0.3 is 20.5 Å². The minimum Gasteiger partial charge on any atom is -0.480 e. The van der Waals surface area contributed by atoms with Crippen molar-refractivity contribution in [2.24, 2.45) is 5.92 Å². The molecule has 0 spiro atoms. The van der Waals surface area contributed by atoms with Crippen molar-refractivity contribution in [3.63, 3.8) is 0 Å². The fraction of sp³-hybridized carbons (Fsp3) is 0.346. The van der Waals surface area contributed by atoms with E-state index in [4.69, 9.17) is 4.74 Å². The highest BCUT2D eigenvalue weighted by atomic mass is 16.5. The van der Waals surface area contributed by atoms with Gasteiger partial charge in [-0.05, 0) is 41.0 Å². The van der Waals surface area contributed by atoms with Crippen molar-refractivity contribution in [2.75, 3.05) is 6.61 Å². The summed E-state index contributed by atoms with van der Waals surface area (Å²) in [7, 11) is 0. The summed E-state index contributed by atoms with van der Waals surface area (Å²) in [6, 6.07) is 14.1. The van der Waals surface area contributed by atoms with Crippen LogP contribution in [0, 0.1) is 5.92 Å². The highest BCUT2D eigenvalue weighted by molar-refractivity contribution is 5.89. The number of amides is 2. The van der Waals surface area contributed by atoms with Crippen LogP contribution in [0.25, 0.3) is 11.1 Å². The summed E-state index contributed by atoms with van der Waals surface area (Å²) in [5, 5.41) is 14.5. The van der Waals surface area contributed by atoms with Gasteiger partial charge in [0.1, 0.15) is 18.7 Å². The summed E-state index contributed by atoms with van der Waals surface area (Å²) < 4.78 is 5.53. The first-order valence-corrected chi connectivity index (χ1v) is 11.1. The highest BCUT2D eigenvalue weighted by Gasteiger charge is 2.31.